The molecule has 0 fully saturated rings. The maximum Gasteiger partial charge on any atom is 0.120 e. The van der Waals surface area contributed by atoms with Crippen LogP contribution in [0, 0.1) is 0 Å². The van der Waals surface area contributed by atoms with Crippen LogP contribution in [0.5, 0.6) is 5.75 Å². The molecule has 0 radical (unpaired) electrons. The minimum atomic E-state index is -0.0757. The van der Waals surface area contributed by atoms with Gasteiger partial charge in [-0.15, -0.1) is 0 Å². The molecule has 0 aliphatic heterocycles. The highest BCUT2D eigenvalue weighted by Gasteiger charge is 2.22. The molecule has 0 aliphatic carbocycles. The topological polar surface area (TPSA) is 75.7 Å². The van der Waals surface area contributed by atoms with Crippen LogP contribution in [0.4, 0.5) is 0 Å². The smallest absolute Gasteiger partial charge is 0.120 e. The van der Waals surface area contributed by atoms with E-state index in [0.717, 1.165) is 17.5 Å². The van der Waals surface area contributed by atoms with Crippen LogP contribution in [0.25, 0.3) is 0 Å². The number of nitrogens with two attached hydrogens (primary N) is 1. The number of ether oxygens (including phenoxy) is 1. The monoisotopic (exact) mass is 331 g/mol. The van der Waals surface area contributed by atoms with E-state index in [4.69, 9.17) is 10.5 Å². The van der Waals surface area contributed by atoms with Gasteiger partial charge < -0.3 is 20.7 Å². The molecule has 0 saturated heterocycles. The summed E-state index contributed by atoms with van der Waals surface area (Å²) < 4.78 is 5.82. The summed E-state index contributed by atoms with van der Waals surface area (Å²) in [6.07, 6.45) is 2.91. The van der Waals surface area contributed by atoms with E-state index in [0.29, 0.717) is 12.4 Å². The van der Waals surface area contributed by atoms with Crippen molar-refractivity contribution in [3.8, 4) is 5.75 Å². The van der Waals surface area contributed by atoms with Crippen molar-refractivity contribution in [1.29, 1.82) is 0 Å². The molecule has 6 heteroatoms. The number of hydrogen-bond donors (Lipinski definition) is 3. The molecule has 1 rings (SSSR count). The predicted octanol–water partition coefficient (Wildman–Crippen LogP) is 2.56. The van der Waals surface area contributed by atoms with E-state index in [1.165, 1.54) is 0 Å². The fourth-order valence-electron chi connectivity index (χ4n) is 2.15. The molecule has 0 aliphatic rings. The van der Waals surface area contributed by atoms with Gasteiger partial charge in [0.05, 0.1) is 13.2 Å². The molecule has 0 amide bonds. The summed E-state index contributed by atoms with van der Waals surface area (Å²) >= 11 is 0. The van der Waals surface area contributed by atoms with Gasteiger partial charge in [0.15, 0.2) is 0 Å². The predicted molar refractivity (Wildman–Crippen MR) is 91.6 cm³/mol. The molecule has 1 aromatic rings. The zero-order valence-corrected chi connectivity index (χ0v) is 14.5. The summed E-state index contributed by atoms with van der Waals surface area (Å²) in [5, 5.41) is 18.4. The summed E-state index contributed by atoms with van der Waals surface area (Å²) in [6, 6.07) is 5.24. The molecule has 0 bridgehead atoms. The Morgan fingerprint density at radius 3 is 2.24 bits per heavy atom. The van der Waals surface area contributed by atoms with E-state index < -0.39 is 0 Å². The van der Waals surface area contributed by atoms with E-state index in [1.54, 1.807) is 29.0 Å². The van der Waals surface area contributed by atoms with Gasteiger partial charge in [0.2, 0.25) is 0 Å². The Balaban J connectivity index is 2.58. The number of rotatable bonds is 9. The second-order valence-electron chi connectivity index (χ2n) is 5.59. The van der Waals surface area contributed by atoms with Crippen LogP contribution in [0.1, 0.15) is 31.4 Å². The fourth-order valence-corrected chi connectivity index (χ4v) is 4.44. The highest BCUT2D eigenvalue weighted by Crippen LogP contribution is 2.36. The number of hydrogen-bond acceptors (Lipinski definition) is 6. The molecule has 0 aromatic heterocycles. The lowest BCUT2D eigenvalue weighted by atomic mass is 10.0. The van der Waals surface area contributed by atoms with Gasteiger partial charge >= 0.3 is 0 Å². The van der Waals surface area contributed by atoms with Crippen molar-refractivity contribution < 1.29 is 14.9 Å². The summed E-state index contributed by atoms with van der Waals surface area (Å²) in [5.41, 5.74) is 7.58. The Morgan fingerprint density at radius 1 is 1.19 bits per heavy atom. The van der Waals surface area contributed by atoms with E-state index in [2.05, 4.69) is 20.1 Å². The maximum atomic E-state index is 9.20. The van der Waals surface area contributed by atoms with Crippen molar-refractivity contribution >= 4 is 21.6 Å². The van der Waals surface area contributed by atoms with Gasteiger partial charge in [0.1, 0.15) is 12.4 Å². The van der Waals surface area contributed by atoms with Gasteiger partial charge in [-0.2, -0.15) is 0 Å². The number of aliphatic hydroxyl groups excluding tert-OH is 2. The summed E-state index contributed by atoms with van der Waals surface area (Å²) in [7, 11) is 3.55. The highest BCUT2D eigenvalue weighted by atomic mass is 33.1. The average molecular weight is 332 g/mol. The Labute approximate surface area is 134 Å². The van der Waals surface area contributed by atoms with Crippen molar-refractivity contribution in [3.63, 3.8) is 0 Å². The van der Waals surface area contributed by atoms with Crippen molar-refractivity contribution in [1.82, 2.24) is 0 Å². The second kappa shape index (κ2) is 8.90. The van der Waals surface area contributed by atoms with Crippen molar-refractivity contribution in [2.24, 2.45) is 5.73 Å². The maximum absolute atomic E-state index is 9.20. The molecule has 0 saturated carbocycles. The Bertz CT molecular complexity index is 419. The molecule has 1 aromatic carbocycles. The zero-order chi connectivity index (χ0) is 15.9. The van der Waals surface area contributed by atoms with Crippen molar-refractivity contribution in [2.45, 2.75) is 44.3 Å². The summed E-state index contributed by atoms with van der Waals surface area (Å²) in [4.78, 5) is 0. The molecular weight excluding hydrogens is 306 g/mol. The van der Waals surface area contributed by atoms with Crippen LogP contribution in [-0.2, 0) is 13.2 Å². The summed E-state index contributed by atoms with van der Waals surface area (Å²) in [6.45, 7) is 4.61. The third kappa shape index (κ3) is 6.93. The molecular formula is C15H25NO3S2. The molecule has 21 heavy (non-hydrogen) atoms. The average Bonchev–Trinajstić information content (AvgIpc) is 2.44. The van der Waals surface area contributed by atoms with Crippen LogP contribution in [0.2, 0.25) is 0 Å². The van der Waals surface area contributed by atoms with Crippen LogP contribution in [0.3, 0.4) is 0 Å². The first-order valence-electron chi connectivity index (χ1n) is 6.85. The lowest BCUT2D eigenvalue weighted by molar-refractivity contribution is 0.262. The Morgan fingerprint density at radius 2 is 1.76 bits per heavy atom. The standard InChI is InChI=1S/C15H25NO3S2/c1-15(2,21-20-3)7-13(16)10-19-14-5-11(8-17)4-12(6-14)9-18/h4-6,13,17-18H,7-10,16H2,1-3H3. The molecule has 0 spiro atoms. The summed E-state index contributed by atoms with van der Waals surface area (Å²) in [5.74, 6) is 0.636. The third-order valence-corrected chi connectivity index (χ3v) is 5.56. The van der Waals surface area contributed by atoms with Gasteiger partial charge in [-0.25, -0.2) is 0 Å². The molecule has 4 N–H and O–H groups in total. The van der Waals surface area contributed by atoms with Crippen LogP contribution in [0.15, 0.2) is 18.2 Å². The lowest BCUT2D eigenvalue weighted by Crippen LogP contribution is -2.34. The normalized spacial score (nSPS) is 13.2. The second-order valence-corrected chi connectivity index (χ2v) is 8.69. The van der Waals surface area contributed by atoms with Gasteiger partial charge in [0.25, 0.3) is 0 Å². The molecule has 120 valence electrons. The van der Waals surface area contributed by atoms with Crippen molar-refractivity contribution in [2.75, 3.05) is 12.9 Å². The fraction of sp³-hybridized carbons (Fsp3) is 0.600. The molecule has 1 unspecified atom stereocenters. The highest BCUT2D eigenvalue weighted by molar-refractivity contribution is 8.76. The minimum Gasteiger partial charge on any atom is -0.492 e. The first-order chi connectivity index (χ1) is 9.90. The van der Waals surface area contributed by atoms with E-state index in [1.807, 2.05) is 10.8 Å². The Hall–Kier alpha value is -0.400. The van der Waals surface area contributed by atoms with Crippen LogP contribution in [-0.4, -0.2) is 33.9 Å². The first-order valence-corrected chi connectivity index (χ1v) is 9.40. The molecule has 4 nitrogen and oxygen atoms in total. The van der Waals surface area contributed by atoms with Crippen LogP contribution < -0.4 is 10.5 Å². The largest absolute Gasteiger partial charge is 0.492 e. The Kier molecular flexibility index (Phi) is 7.90. The first kappa shape index (κ1) is 18.6. The number of benzene rings is 1. The quantitative estimate of drug-likeness (QED) is 0.604. The van der Waals surface area contributed by atoms with Gasteiger partial charge in [-0.1, -0.05) is 27.7 Å². The zero-order valence-electron chi connectivity index (χ0n) is 12.8. The van der Waals surface area contributed by atoms with Crippen molar-refractivity contribution in [3.05, 3.63) is 29.3 Å². The van der Waals surface area contributed by atoms with Gasteiger partial charge in [-0.3, -0.25) is 0 Å². The van der Waals surface area contributed by atoms with E-state index in [9.17, 15) is 10.2 Å². The SMILES string of the molecule is CSSC(C)(C)CC(N)COc1cc(CO)cc(CO)c1. The van der Waals surface area contributed by atoms with Gasteiger partial charge in [-0.05, 0) is 49.8 Å². The lowest BCUT2D eigenvalue weighted by Gasteiger charge is -2.26. The van der Waals surface area contributed by atoms with E-state index >= 15 is 0 Å². The van der Waals surface area contributed by atoms with E-state index in [-0.39, 0.29) is 24.0 Å². The molecule has 0 heterocycles. The van der Waals surface area contributed by atoms with Gasteiger partial charge in [0, 0.05) is 10.8 Å². The molecule has 1 atom stereocenters. The minimum absolute atomic E-state index is 0.0602. The third-order valence-electron chi connectivity index (χ3n) is 2.92. The number of aliphatic hydroxyl groups is 2. The van der Waals surface area contributed by atoms with Crippen LogP contribution >= 0.6 is 21.6 Å².